The van der Waals surface area contributed by atoms with Gasteiger partial charge in [-0.05, 0) is 36.1 Å². The first-order valence-electron chi connectivity index (χ1n) is 8.40. The molecule has 2 aromatic carbocycles. The van der Waals surface area contributed by atoms with E-state index in [2.05, 4.69) is 0 Å². The maximum absolute atomic E-state index is 12.9. The van der Waals surface area contributed by atoms with E-state index < -0.39 is 10.0 Å². The first kappa shape index (κ1) is 22.6. The van der Waals surface area contributed by atoms with Crippen molar-refractivity contribution >= 4 is 22.4 Å². The summed E-state index contributed by atoms with van der Waals surface area (Å²) in [5.41, 5.74) is 7.79. The summed E-state index contributed by atoms with van der Waals surface area (Å²) < 4.78 is 32.3. The molecular weight excluding hydrogens is 372 g/mol. The molecule has 26 heavy (non-hydrogen) atoms. The third kappa shape index (κ3) is 6.37. The van der Waals surface area contributed by atoms with Crippen LogP contribution in [0.15, 0.2) is 59.5 Å². The zero-order valence-electron chi connectivity index (χ0n) is 15.0. The van der Waals surface area contributed by atoms with E-state index in [0.29, 0.717) is 37.6 Å². The van der Waals surface area contributed by atoms with E-state index in [1.807, 2.05) is 42.5 Å². The summed E-state index contributed by atoms with van der Waals surface area (Å²) in [7, 11) is -1.90. The molecule has 0 saturated carbocycles. The van der Waals surface area contributed by atoms with Gasteiger partial charge < -0.3 is 10.5 Å². The number of rotatable bonds is 10. The largest absolute Gasteiger partial charge is 0.384 e. The molecule has 0 spiro atoms. The first-order chi connectivity index (χ1) is 12.1. The molecule has 7 heteroatoms. The molecule has 0 heterocycles. The molecular formula is C19H27ClN2O3S. The van der Waals surface area contributed by atoms with Crippen molar-refractivity contribution in [3.8, 4) is 0 Å². The molecule has 0 radical (unpaired) electrons. The molecule has 0 saturated heterocycles. The molecule has 0 amide bonds. The molecule has 0 bridgehead atoms. The van der Waals surface area contributed by atoms with Gasteiger partial charge in [0.25, 0.3) is 0 Å². The molecule has 0 atom stereocenters. The Morgan fingerprint density at radius 2 is 1.54 bits per heavy atom. The van der Waals surface area contributed by atoms with Gasteiger partial charge in [-0.2, -0.15) is 4.31 Å². The van der Waals surface area contributed by atoms with Crippen LogP contribution in [0, 0.1) is 0 Å². The molecule has 2 N–H and O–H groups in total. The van der Waals surface area contributed by atoms with E-state index >= 15 is 0 Å². The standard InChI is InChI=1S/C19H26N2O3S.ClH/c1-24-16-12-18-7-9-19(10-8-18)25(22,23)21(15-13-20)14-11-17-5-3-2-4-6-17;/h2-10H,11-16,20H2,1H3;1H. The van der Waals surface area contributed by atoms with Gasteiger partial charge in [0, 0.05) is 26.7 Å². The zero-order chi connectivity index (χ0) is 18.1. The van der Waals surface area contributed by atoms with Crippen molar-refractivity contribution in [2.24, 2.45) is 5.73 Å². The summed E-state index contributed by atoms with van der Waals surface area (Å²) in [4.78, 5) is 0.301. The monoisotopic (exact) mass is 398 g/mol. The highest BCUT2D eigenvalue weighted by Crippen LogP contribution is 2.17. The summed E-state index contributed by atoms with van der Waals surface area (Å²) in [5.74, 6) is 0. The van der Waals surface area contributed by atoms with Crippen LogP contribution in [0.2, 0.25) is 0 Å². The third-order valence-electron chi connectivity index (χ3n) is 4.03. The van der Waals surface area contributed by atoms with Crippen LogP contribution in [0.4, 0.5) is 0 Å². The Hall–Kier alpha value is -1.44. The maximum atomic E-state index is 12.9. The minimum Gasteiger partial charge on any atom is -0.384 e. The van der Waals surface area contributed by atoms with Crippen LogP contribution in [0.1, 0.15) is 11.1 Å². The predicted octanol–water partition coefficient (Wildman–Crippen LogP) is 2.49. The molecule has 144 valence electrons. The molecule has 0 aliphatic rings. The number of methoxy groups -OCH3 is 1. The van der Waals surface area contributed by atoms with E-state index in [1.54, 1.807) is 19.2 Å². The average Bonchev–Trinajstić information content (AvgIpc) is 2.64. The summed E-state index contributed by atoms with van der Waals surface area (Å²) in [6.07, 6.45) is 1.42. The third-order valence-corrected chi connectivity index (χ3v) is 5.94. The minimum absolute atomic E-state index is 0. The molecule has 2 aromatic rings. The van der Waals surface area contributed by atoms with E-state index in [1.165, 1.54) is 4.31 Å². The Bertz CT molecular complexity index is 737. The Morgan fingerprint density at radius 3 is 2.12 bits per heavy atom. The lowest BCUT2D eigenvalue weighted by molar-refractivity contribution is 0.202. The number of hydrogen-bond donors (Lipinski definition) is 1. The second-order valence-electron chi connectivity index (χ2n) is 5.82. The lowest BCUT2D eigenvalue weighted by Crippen LogP contribution is -2.36. The summed E-state index contributed by atoms with van der Waals surface area (Å²) in [6, 6.07) is 16.8. The van der Waals surface area contributed by atoms with Gasteiger partial charge in [-0.25, -0.2) is 8.42 Å². The number of ether oxygens (including phenoxy) is 1. The topological polar surface area (TPSA) is 72.6 Å². The van der Waals surface area contributed by atoms with Crippen LogP contribution in [0.5, 0.6) is 0 Å². The quantitative estimate of drug-likeness (QED) is 0.667. The molecule has 0 fully saturated rings. The van der Waals surface area contributed by atoms with Crippen LogP contribution in [0.25, 0.3) is 0 Å². The van der Waals surface area contributed by atoms with Gasteiger partial charge >= 0.3 is 0 Å². The number of benzene rings is 2. The highest BCUT2D eigenvalue weighted by molar-refractivity contribution is 7.89. The minimum atomic E-state index is -3.55. The summed E-state index contributed by atoms with van der Waals surface area (Å²) in [6.45, 7) is 1.62. The van der Waals surface area contributed by atoms with E-state index in [9.17, 15) is 8.42 Å². The molecule has 0 aromatic heterocycles. The number of nitrogens with two attached hydrogens (primary N) is 1. The maximum Gasteiger partial charge on any atom is 0.243 e. The number of halogens is 1. The van der Waals surface area contributed by atoms with Crippen molar-refractivity contribution in [3.63, 3.8) is 0 Å². The van der Waals surface area contributed by atoms with Crippen LogP contribution >= 0.6 is 12.4 Å². The highest BCUT2D eigenvalue weighted by Gasteiger charge is 2.23. The van der Waals surface area contributed by atoms with Gasteiger partial charge in [0.05, 0.1) is 11.5 Å². The smallest absolute Gasteiger partial charge is 0.243 e. The fraction of sp³-hybridized carbons (Fsp3) is 0.368. The van der Waals surface area contributed by atoms with Gasteiger partial charge in [0.15, 0.2) is 0 Å². The fourth-order valence-electron chi connectivity index (χ4n) is 2.59. The zero-order valence-corrected chi connectivity index (χ0v) is 16.6. The van der Waals surface area contributed by atoms with E-state index in [4.69, 9.17) is 10.5 Å². The van der Waals surface area contributed by atoms with E-state index in [-0.39, 0.29) is 12.4 Å². The molecule has 2 rings (SSSR count). The van der Waals surface area contributed by atoms with Crippen LogP contribution in [-0.2, 0) is 27.6 Å². The summed E-state index contributed by atoms with van der Waals surface area (Å²) >= 11 is 0. The van der Waals surface area contributed by atoms with Crippen molar-refractivity contribution in [3.05, 3.63) is 65.7 Å². The predicted molar refractivity (Wildman–Crippen MR) is 107 cm³/mol. The van der Waals surface area contributed by atoms with Gasteiger partial charge in [-0.15, -0.1) is 12.4 Å². The van der Waals surface area contributed by atoms with Gasteiger partial charge in [0.1, 0.15) is 0 Å². The van der Waals surface area contributed by atoms with Crippen LogP contribution < -0.4 is 5.73 Å². The number of sulfonamides is 1. The van der Waals surface area contributed by atoms with Crippen LogP contribution in [-0.4, -0.2) is 46.1 Å². The average molecular weight is 399 g/mol. The van der Waals surface area contributed by atoms with Crippen molar-refractivity contribution in [1.29, 1.82) is 0 Å². The molecule has 0 unspecified atom stereocenters. The van der Waals surface area contributed by atoms with Gasteiger partial charge in [-0.1, -0.05) is 42.5 Å². The highest BCUT2D eigenvalue weighted by atomic mass is 35.5. The molecule has 0 aliphatic carbocycles. The van der Waals surface area contributed by atoms with E-state index in [0.717, 1.165) is 17.5 Å². The van der Waals surface area contributed by atoms with Crippen molar-refractivity contribution in [1.82, 2.24) is 4.31 Å². The lowest BCUT2D eigenvalue weighted by Gasteiger charge is -2.21. The van der Waals surface area contributed by atoms with Crippen LogP contribution in [0.3, 0.4) is 0 Å². The Morgan fingerprint density at radius 1 is 0.923 bits per heavy atom. The number of nitrogens with zero attached hydrogens (tertiary/aromatic N) is 1. The lowest BCUT2D eigenvalue weighted by atomic mass is 10.1. The van der Waals surface area contributed by atoms with Crippen molar-refractivity contribution in [2.45, 2.75) is 17.7 Å². The normalized spacial score (nSPS) is 11.3. The second kappa shape index (κ2) is 11.3. The fourth-order valence-corrected chi connectivity index (χ4v) is 4.05. The molecule has 0 aliphatic heterocycles. The van der Waals surface area contributed by atoms with Crippen molar-refractivity contribution < 1.29 is 13.2 Å². The Balaban J connectivity index is 0.00000338. The van der Waals surface area contributed by atoms with Gasteiger partial charge in [-0.3, -0.25) is 0 Å². The first-order valence-corrected chi connectivity index (χ1v) is 9.84. The number of hydrogen-bond acceptors (Lipinski definition) is 4. The Labute approximate surface area is 162 Å². The molecule has 5 nitrogen and oxygen atoms in total. The summed E-state index contributed by atoms with van der Waals surface area (Å²) in [5, 5.41) is 0. The van der Waals surface area contributed by atoms with Crippen molar-refractivity contribution in [2.75, 3.05) is 33.4 Å². The second-order valence-corrected chi connectivity index (χ2v) is 7.75. The SMILES string of the molecule is COCCc1ccc(S(=O)(=O)N(CCN)CCc2ccccc2)cc1.Cl. The Kier molecular flexibility index (Phi) is 9.83. The van der Waals surface area contributed by atoms with Gasteiger partial charge in [0.2, 0.25) is 10.0 Å².